The zero-order chi connectivity index (χ0) is 34.8. The van der Waals surface area contributed by atoms with E-state index in [2.05, 4.69) is 15.6 Å². The summed E-state index contributed by atoms with van der Waals surface area (Å²) in [6.07, 6.45) is -0.280. The fraction of sp³-hybridized carbons (Fsp3) is 0.455. The fourth-order valence-electron chi connectivity index (χ4n) is 6.26. The number of aromatic nitrogens is 1. The third kappa shape index (κ3) is 7.65. The molecular weight excluding hydrogens is 655 g/mol. The second kappa shape index (κ2) is 14.5. The molecule has 254 valence electrons. The van der Waals surface area contributed by atoms with Crippen molar-refractivity contribution >= 4 is 57.9 Å². The molecule has 0 aliphatic heterocycles. The van der Waals surface area contributed by atoms with Crippen molar-refractivity contribution in [3.63, 3.8) is 0 Å². The lowest BCUT2D eigenvalue weighted by atomic mass is 9.78. The number of halogens is 4. The van der Waals surface area contributed by atoms with E-state index in [0.29, 0.717) is 45.4 Å². The highest BCUT2D eigenvalue weighted by molar-refractivity contribution is 6.38. The molecule has 3 aromatic rings. The van der Waals surface area contributed by atoms with Gasteiger partial charge in [-0.1, -0.05) is 63.7 Å². The highest BCUT2D eigenvalue weighted by Crippen LogP contribution is 2.38. The predicted molar refractivity (Wildman–Crippen MR) is 175 cm³/mol. The highest BCUT2D eigenvalue weighted by Gasteiger charge is 2.47. The van der Waals surface area contributed by atoms with Gasteiger partial charge in [-0.25, -0.2) is 13.6 Å². The fourth-order valence-corrected chi connectivity index (χ4v) is 6.80. The number of primary amides is 1. The second-order valence-corrected chi connectivity index (χ2v) is 13.2. The van der Waals surface area contributed by atoms with Crippen molar-refractivity contribution in [3.05, 3.63) is 68.8 Å². The van der Waals surface area contributed by atoms with Gasteiger partial charge in [0.05, 0.1) is 17.1 Å². The molecule has 10 nitrogen and oxygen atoms in total. The normalized spacial score (nSPS) is 18.5. The maximum atomic E-state index is 14.3. The summed E-state index contributed by atoms with van der Waals surface area (Å²) >= 11 is 12.8. The van der Waals surface area contributed by atoms with E-state index in [1.165, 1.54) is 0 Å². The van der Waals surface area contributed by atoms with Crippen LogP contribution in [0.3, 0.4) is 0 Å². The minimum Gasteiger partial charge on any atom is -0.465 e. The van der Waals surface area contributed by atoms with Crippen LogP contribution in [0.5, 0.6) is 0 Å². The van der Waals surface area contributed by atoms with E-state index in [0.717, 1.165) is 22.7 Å². The minimum absolute atomic E-state index is 0.00571. The average molecular weight is 695 g/mol. The van der Waals surface area contributed by atoms with Crippen LogP contribution in [-0.2, 0) is 33.8 Å². The van der Waals surface area contributed by atoms with E-state index in [-0.39, 0.29) is 30.7 Å². The van der Waals surface area contributed by atoms with Gasteiger partial charge in [0.2, 0.25) is 17.7 Å². The molecule has 0 bridgehead atoms. The number of amides is 4. The molecule has 47 heavy (non-hydrogen) atoms. The summed E-state index contributed by atoms with van der Waals surface area (Å²) < 4.78 is 28.1. The van der Waals surface area contributed by atoms with Gasteiger partial charge < -0.3 is 26.5 Å². The van der Waals surface area contributed by atoms with Crippen LogP contribution in [0.1, 0.15) is 63.8 Å². The third-order valence-electron chi connectivity index (χ3n) is 9.21. The Morgan fingerprint density at radius 1 is 1.04 bits per heavy atom. The molecule has 0 spiro atoms. The molecule has 4 rings (SSSR count). The number of nitrogens with two attached hydrogens (primary N) is 1. The van der Waals surface area contributed by atoms with E-state index in [4.69, 9.17) is 28.9 Å². The first-order chi connectivity index (χ1) is 22.1. The van der Waals surface area contributed by atoms with Crippen molar-refractivity contribution in [1.29, 1.82) is 0 Å². The monoisotopic (exact) mass is 693 g/mol. The molecule has 1 aliphatic carbocycles. The Bertz CT molecular complexity index is 1680. The van der Waals surface area contributed by atoms with Crippen LogP contribution in [0, 0.1) is 23.5 Å². The van der Waals surface area contributed by atoms with Crippen molar-refractivity contribution < 1.29 is 33.1 Å². The van der Waals surface area contributed by atoms with Crippen molar-refractivity contribution in [2.45, 2.75) is 84.0 Å². The molecule has 14 heteroatoms. The van der Waals surface area contributed by atoms with Gasteiger partial charge in [-0.15, -0.1) is 0 Å². The summed E-state index contributed by atoms with van der Waals surface area (Å²) in [5.41, 5.74) is 6.09. The number of H-pyrrole nitrogens is 1. The SMILES string of the molecule is CC[C@H](C)C(NC(=O)[C@@]1(NC(=O)C([C@@H](C)CC)N(Cc2cc(F)cc(F)c2)C(=O)O)CCc2[nH]c3c(Cl)cc(Cl)cc3c2C1)C(N)=O. The van der Waals surface area contributed by atoms with Crippen LogP contribution in [0.2, 0.25) is 10.0 Å². The first-order valence-electron chi connectivity index (χ1n) is 15.5. The Kier molecular flexibility index (Phi) is 11.1. The summed E-state index contributed by atoms with van der Waals surface area (Å²) in [6, 6.07) is 3.53. The maximum absolute atomic E-state index is 14.3. The Hall–Kier alpha value is -3.90. The number of carbonyl (C=O) groups is 4. The molecule has 4 amide bonds. The highest BCUT2D eigenvalue weighted by atomic mass is 35.5. The molecule has 0 fully saturated rings. The Morgan fingerprint density at radius 3 is 2.26 bits per heavy atom. The third-order valence-corrected chi connectivity index (χ3v) is 9.73. The lowest BCUT2D eigenvalue weighted by Gasteiger charge is -2.41. The zero-order valence-corrected chi connectivity index (χ0v) is 28.1. The van der Waals surface area contributed by atoms with Crippen LogP contribution in [0.15, 0.2) is 30.3 Å². The lowest BCUT2D eigenvalue weighted by Crippen LogP contribution is -2.67. The standard InChI is InChI=1S/C33H39Cl2F2N5O5/c1-5-16(3)26(29(38)43)40-31(45)33(8-7-25-23(14-33)22-11-19(34)12-24(35)27(22)39-25)41-30(44)28(17(4)6-2)42(32(46)47)15-18-9-20(36)13-21(37)10-18/h9-13,16-17,26,28,39H,5-8,14-15H2,1-4H3,(H2,38,43)(H,40,45)(H,41,44)(H,46,47)/t16-,17-,26?,28?,33+/m0/s1. The average Bonchev–Trinajstić information content (AvgIpc) is 3.35. The van der Waals surface area contributed by atoms with Crippen LogP contribution in [0.4, 0.5) is 13.6 Å². The predicted octanol–water partition coefficient (Wildman–Crippen LogP) is 5.71. The van der Waals surface area contributed by atoms with Crippen LogP contribution in [-0.4, -0.2) is 56.4 Å². The largest absolute Gasteiger partial charge is 0.465 e. The van der Waals surface area contributed by atoms with Gasteiger partial charge in [0, 0.05) is 28.6 Å². The van der Waals surface area contributed by atoms with E-state index in [1.54, 1.807) is 32.9 Å². The number of hydrogen-bond acceptors (Lipinski definition) is 4. The number of carbonyl (C=O) groups excluding carboxylic acids is 3. The van der Waals surface area contributed by atoms with E-state index < -0.39 is 65.5 Å². The van der Waals surface area contributed by atoms with E-state index >= 15 is 0 Å². The topological polar surface area (TPSA) is 158 Å². The maximum Gasteiger partial charge on any atom is 0.408 e. The van der Waals surface area contributed by atoms with E-state index in [9.17, 15) is 33.1 Å². The molecular formula is C33H39Cl2F2N5O5. The smallest absolute Gasteiger partial charge is 0.408 e. The number of fused-ring (bicyclic) bond motifs is 3. The summed E-state index contributed by atoms with van der Waals surface area (Å²) in [7, 11) is 0. The van der Waals surface area contributed by atoms with Crippen molar-refractivity contribution in [2.24, 2.45) is 17.6 Å². The van der Waals surface area contributed by atoms with Gasteiger partial charge in [0.1, 0.15) is 29.3 Å². The first kappa shape index (κ1) is 35.9. The van der Waals surface area contributed by atoms with E-state index in [1.807, 2.05) is 6.92 Å². The number of benzene rings is 2. The number of rotatable bonds is 12. The van der Waals surface area contributed by atoms with Crippen molar-refractivity contribution in [2.75, 3.05) is 0 Å². The molecule has 2 unspecified atom stereocenters. The van der Waals surface area contributed by atoms with Crippen molar-refractivity contribution in [3.8, 4) is 0 Å². The van der Waals surface area contributed by atoms with Crippen LogP contribution < -0.4 is 16.4 Å². The van der Waals surface area contributed by atoms with Gasteiger partial charge in [0.15, 0.2) is 0 Å². The summed E-state index contributed by atoms with van der Waals surface area (Å²) in [5, 5.41) is 17.3. The number of carboxylic acid groups (broad SMARTS) is 1. The molecule has 0 saturated carbocycles. The summed E-state index contributed by atoms with van der Waals surface area (Å²) in [4.78, 5) is 57.8. The lowest BCUT2D eigenvalue weighted by molar-refractivity contribution is -0.139. The van der Waals surface area contributed by atoms with Gasteiger partial charge in [0.25, 0.3) is 0 Å². The molecule has 2 aromatic carbocycles. The molecule has 5 atom stereocenters. The van der Waals surface area contributed by atoms with Gasteiger partial charge >= 0.3 is 6.09 Å². The summed E-state index contributed by atoms with van der Waals surface area (Å²) in [5.74, 6) is -4.88. The Labute approximate surface area is 281 Å². The minimum atomic E-state index is -1.66. The van der Waals surface area contributed by atoms with Crippen LogP contribution >= 0.6 is 23.2 Å². The van der Waals surface area contributed by atoms with Crippen LogP contribution in [0.25, 0.3) is 10.9 Å². The number of nitrogens with one attached hydrogen (secondary N) is 3. The molecule has 1 aliphatic rings. The molecule has 1 heterocycles. The Balaban J connectivity index is 1.80. The molecule has 1 aromatic heterocycles. The molecule has 6 N–H and O–H groups in total. The number of nitrogens with zero attached hydrogens (tertiary/aromatic N) is 1. The Morgan fingerprint density at radius 2 is 1.68 bits per heavy atom. The zero-order valence-electron chi connectivity index (χ0n) is 26.6. The summed E-state index contributed by atoms with van der Waals surface area (Å²) in [6.45, 7) is 6.56. The van der Waals surface area contributed by atoms with Gasteiger partial charge in [-0.05, 0) is 60.1 Å². The molecule has 0 saturated heterocycles. The van der Waals surface area contributed by atoms with Gasteiger partial charge in [-0.2, -0.15) is 0 Å². The van der Waals surface area contributed by atoms with Gasteiger partial charge in [-0.3, -0.25) is 19.3 Å². The van der Waals surface area contributed by atoms with Crippen molar-refractivity contribution in [1.82, 2.24) is 20.5 Å². The number of aryl methyl sites for hydroxylation is 1. The number of hydrogen-bond donors (Lipinski definition) is 5. The number of aromatic amines is 1. The molecule has 0 radical (unpaired) electrons. The second-order valence-electron chi connectivity index (χ2n) is 12.4. The quantitative estimate of drug-likeness (QED) is 0.164. The first-order valence-corrected chi connectivity index (χ1v) is 16.2.